The van der Waals surface area contributed by atoms with Gasteiger partial charge in [0.05, 0.1) is 14.2 Å². The molecule has 29 heavy (non-hydrogen) atoms. The van der Waals surface area contributed by atoms with Crippen LogP contribution >= 0.6 is 24.8 Å². The van der Waals surface area contributed by atoms with Crippen molar-refractivity contribution in [2.24, 2.45) is 5.92 Å². The van der Waals surface area contributed by atoms with E-state index in [0.29, 0.717) is 12.3 Å². The highest BCUT2D eigenvalue weighted by Crippen LogP contribution is 2.24. The SMILES string of the molecule is COc1cc(CN2CCC(NC(=O)CCC3CCNCC3)C2)cc(OC)c1.Cl.Cl. The average molecular weight is 448 g/mol. The van der Waals surface area contributed by atoms with Crippen molar-refractivity contribution in [1.82, 2.24) is 15.5 Å². The third kappa shape index (κ3) is 8.21. The van der Waals surface area contributed by atoms with Crippen molar-refractivity contribution < 1.29 is 14.3 Å². The fourth-order valence-corrected chi connectivity index (χ4v) is 4.12. The Morgan fingerprint density at radius 1 is 1.10 bits per heavy atom. The van der Waals surface area contributed by atoms with Gasteiger partial charge < -0.3 is 20.1 Å². The fraction of sp³-hybridized carbons (Fsp3) is 0.667. The number of hydrogen-bond acceptors (Lipinski definition) is 5. The molecule has 2 N–H and O–H groups in total. The zero-order valence-corrected chi connectivity index (χ0v) is 19.1. The molecule has 0 aliphatic carbocycles. The lowest BCUT2D eigenvalue weighted by Crippen LogP contribution is -2.37. The first-order valence-corrected chi connectivity index (χ1v) is 10.1. The number of benzene rings is 1. The molecule has 8 heteroatoms. The molecule has 1 unspecified atom stereocenters. The number of rotatable bonds is 8. The van der Waals surface area contributed by atoms with Crippen LogP contribution in [0, 0.1) is 5.92 Å². The molecule has 0 saturated carbocycles. The van der Waals surface area contributed by atoms with Crippen molar-refractivity contribution in [3.8, 4) is 11.5 Å². The summed E-state index contributed by atoms with van der Waals surface area (Å²) in [5, 5.41) is 6.61. The van der Waals surface area contributed by atoms with E-state index < -0.39 is 0 Å². The number of likely N-dealkylation sites (tertiary alicyclic amines) is 1. The van der Waals surface area contributed by atoms with Gasteiger partial charge >= 0.3 is 0 Å². The molecule has 1 aromatic rings. The molecule has 2 aliphatic heterocycles. The van der Waals surface area contributed by atoms with Crippen molar-refractivity contribution in [1.29, 1.82) is 0 Å². The summed E-state index contributed by atoms with van der Waals surface area (Å²) >= 11 is 0. The maximum absolute atomic E-state index is 12.3. The lowest BCUT2D eigenvalue weighted by atomic mass is 9.93. The summed E-state index contributed by atoms with van der Waals surface area (Å²) in [6.45, 7) is 4.93. The van der Waals surface area contributed by atoms with Gasteiger partial charge in [-0.05, 0) is 62.4 Å². The molecule has 2 heterocycles. The first-order valence-electron chi connectivity index (χ1n) is 10.1. The highest BCUT2D eigenvalue weighted by atomic mass is 35.5. The van der Waals surface area contributed by atoms with Gasteiger partial charge in [0.15, 0.2) is 0 Å². The van der Waals surface area contributed by atoms with Crippen molar-refractivity contribution in [3.05, 3.63) is 23.8 Å². The molecule has 1 atom stereocenters. The summed E-state index contributed by atoms with van der Waals surface area (Å²) < 4.78 is 10.7. The van der Waals surface area contributed by atoms with E-state index >= 15 is 0 Å². The van der Waals surface area contributed by atoms with Crippen LogP contribution in [0.1, 0.15) is 37.7 Å². The van der Waals surface area contributed by atoms with Crippen LogP contribution in [0.5, 0.6) is 11.5 Å². The zero-order valence-electron chi connectivity index (χ0n) is 17.4. The maximum atomic E-state index is 12.3. The topological polar surface area (TPSA) is 62.8 Å². The number of nitrogens with zero attached hydrogens (tertiary/aromatic N) is 1. The molecule has 1 amide bonds. The van der Waals surface area contributed by atoms with Gasteiger partial charge in [0.2, 0.25) is 5.91 Å². The van der Waals surface area contributed by atoms with Crippen LogP contribution in [0.15, 0.2) is 18.2 Å². The highest BCUT2D eigenvalue weighted by molar-refractivity contribution is 5.85. The lowest BCUT2D eigenvalue weighted by Gasteiger charge is -2.22. The summed E-state index contributed by atoms with van der Waals surface area (Å²) in [5.74, 6) is 2.54. The van der Waals surface area contributed by atoms with E-state index in [2.05, 4.69) is 15.5 Å². The largest absolute Gasteiger partial charge is 0.497 e. The van der Waals surface area contributed by atoms with E-state index in [9.17, 15) is 4.79 Å². The van der Waals surface area contributed by atoms with Crippen LogP contribution < -0.4 is 20.1 Å². The standard InChI is InChI=1S/C21H33N3O3.2ClH/c1-26-19-11-17(12-20(13-19)27-2)14-24-10-7-18(15-24)23-21(25)4-3-16-5-8-22-9-6-16;;/h11-13,16,18,22H,3-10,14-15H2,1-2H3,(H,23,25);2*1H. The van der Waals surface area contributed by atoms with Crippen LogP contribution in [-0.4, -0.2) is 57.2 Å². The maximum Gasteiger partial charge on any atom is 0.220 e. The number of ether oxygens (including phenoxy) is 2. The predicted molar refractivity (Wildman–Crippen MR) is 121 cm³/mol. The minimum absolute atomic E-state index is 0. The summed E-state index contributed by atoms with van der Waals surface area (Å²) in [7, 11) is 3.34. The first-order chi connectivity index (χ1) is 13.2. The van der Waals surface area contributed by atoms with Crippen molar-refractivity contribution in [3.63, 3.8) is 0 Å². The Hall–Kier alpha value is -1.21. The van der Waals surface area contributed by atoms with Crippen LogP contribution in [0.25, 0.3) is 0 Å². The summed E-state index contributed by atoms with van der Waals surface area (Å²) in [4.78, 5) is 14.7. The Kier molecular flexibility index (Phi) is 11.7. The third-order valence-corrected chi connectivity index (χ3v) is 5.69. The molecule has 0 radical (unpaired) electrons. The predicted octanol–water partition coefficient (Wildman–Crippen LogP) is 3.02. The minimum atomic E-state index is 0. The Morgan fingerprint density at radius 3 is 2.38 bits per heavy atom. The van der Waals surface area contributed by atoms with Gasteiger partial charge in [0.1, 0.15) is 11.5 Å². The molecule has 3 rings (SSSR count). The van der Waals surface area contributed by atoms with Gasteiger partial charge in [-0.3, -0.25) is 9.69 Å². The van der Waals surface area contributed by atoms with E-state index in [-0.39, 0.29) is 36.8 Å². The Labute approximate surface area is 186 Å². The fourth-order valence-electron chi connectivity index (χ4n) is 4.12. The van der Waals surface area contributed by atoms with Gasteiger partial charge in [-0.25, -0.2) is 0 Å². The molecule has 166 valence electrons. The van der Waals surface area contributed by atoms with Crippen LogP contribution in [0.2, 0.25) is 0 Å². The second kappa shape index (κ2) is 13.2. The van der Waals surface area contributed by atoms with Gasteiger partial charge in [-0.1, -0.05) is 0 Å². The van der Waals surface area contributed by atoms with Crippen molar-refractivity contribution >= 4 is 30.7 Å². The van der Waals surface area contributed by atoms with Crippen LogP contribution in [0.4, 0.5) is 0 Å². The third-order valence-electron chi connectivity index (χ3n) is 5.69. The second-order valence-corrected chi connectivity index (χ2v) is 7.74. The Balaban J connectivity index is 0.00000210. The minimum Gasteiger partial charge on any atom is -0.497 e. The number of hydrogen-bond donors (Lipinski definition) is 2. The average Bonchev–Trinajstić information content (AvgIpc) is 3.13. The van der Waals surface area contributed by atoms with E-state index in [1.807, 2.05) is 18.2 Å². The van der Waals surface area contributed by atoms with E-state index in [0.717, 1.165) is 57.1 Å². The van der Waals surface area contributed by atoms with Gasteiger partial charge in [0, 0.05) is 38.2 Å². The molecule has 0 aromatic heterocycles. The van der Waals surface area contributed by atoms with E-state index in [4.69, 9.17) is 9.47 Å². The summed E-state index contributed by atoms with van der Waals surface area (Å²) in [6.07, 6.45) is 5.10. The van der Waals surface area contributed by atoms with Crippen molar-refractivity contribution in [2.45, 2.75) is 44.7 Å². The molecule has 2 saturated heterocycles. The zero-order chi connectivity index (χ0) is 19.1. The number of nitrogens with one attached hydrogen (secondary N) is 2. The number of carbonyl (C=O) groups excluding carboxylic acids is 1. The number of amides is 1. The molecular weight excluding hydrogens is 413 g/mol. The first kappa shape index (κ1) is 25.8. The molecular formula is C21H35Cl2N3O3. The number of carbonyl (C=O) groups is 1. The van der Waals surface area contributed by atoms with Gasteiger partial charge in [-0.15, -0.1) is 24.8 Å². The normalized spacial score (nSPS) is 19.7. The number of piperidine rings is 1. The summed E-state index contributed by atoms with van der Waals surface area (Å²) in [5.41, 5.74) is 1.17. The second-order valence-electron chi connectivity index (χ2n) is 7.74. The molecule has 6 nitrogen and oxygen atoms in total. The summed E-state index contributed by atoms with van der Waals surface area (Å²) in [6, 6.07) is 6.25. The Morgan fingerprint density at radius 2 is 1.76 bits per heavy atom. The Bertz CT molecular complexity index is 605. The van der Waals surface area contributed by atoms with Crippen LogP contribution in [0.3, 0.4) is 0 Å². The van der Waals surface area contributed by atoms with Crippen LogP contribution in [-0.2, 0) is 11.3 Å². The monoisotopic (exact) mass is 447 g/mol. The van der Waals surface area contributed by atoms with Crippen molar-refractivity contribution in [2.75, 3.05) is 40.4 Å². The van der Waals surface area contributed by atoms with Gasteiger partial charge in [-0.2, -0.15) is 0 Å². The van der Waals surface area contributed by atoms with E-state index in [1.165, 1.54) is 18.4 Å². The lowest BCUT2D eigenvalue weighted by molar-refractivity contribution is -0.122. The smallest absolute Gasteiger partial charge is 0.220 e. The highest BCUT2D eigenvalue weighted by Gasteiger charge is 2.24. The van der Waals surface area contributed by atoms with Gasteiger partial charge in [0.25, 0.3) is 0 Å². The molecule has 0 spiro atoms. The quantitative estimate of drug-likeness (QED) is 0.640. The van der Waals surface area contributed by atoms with E-state index in [1.54, 1.807) is 14.2 Å². The number of methoxy groups -OCH3 is 2. The molecule has 0 bridgehead atoms. The number of halogens is 2. The molecule has 1 aromatic carbocycles. The molecule has 2 fully saturated rings. The molecule has 2 aliphatic rings.